The van der Waals surface area contributed by atoms with Crippen molar-refractivity contribution < 1.29 is 5.11 Å². The molecule has 5 heteroatoms. The Kier molecular flexibility index (Phi) is 4.69. The van der Waals surface area contributed by atoms with Crippen molar-refractivity contribution in [2.75, 3.05) is 24.2 Å². The molecule has 0 unspecified atom stereocenters. The summed E-state index contributed by atoms with van der Waals surface area (Å²) in [6.45, 7) is 7.26. The van der Waals surface area contributed by atoms with Gasteiger partial charge in [-0.15, -0.1) is 0 Å². The van der Waals surface area contributed by atoms with Gasteiger partial charge >= 0.3 is 0 Å². The number of nitrogens with two attached hydrogens (primary N) is 1. The Morgan fingerprint density at radius 3 is 2.76 bits per heavy atom. The third kappa shape index (κ3) is 4.19. The predicted molar refractivity (Wildman–Crippen MR) is 69.8 cm³/mol. The zero-order valence-corrected chi connectivity index (χ0v) is 10.8. The summed E-state index contributed by atoms with van der Waals surface area (Å²) < 4.78 is 0. The molecular weight excluding hydrogens is 216 g/mol. The van der Waals surface area contributed by atoms with Crippen molar-refractivity contribution in [2.45, 2.75) is 33.6 Å². The molecule has 0 radical (unpaired) electrons. The standard InChI is InChI=1S/C12H22N4O/c1-9-10(13)15-8-16-11(9)14-7-12(2,3)5-4-6-17/h8,17H,4-7H2,1-3H3,(H3,13,14,15,16). The predicted octanol–water partition coefficient (Wildman–Crippen LogP) is 1.58. The van der Waals surface area contributed by atoms with Crippen molar-refractivity contribution in [2.24, 2.45) is 5.41 Å². The van der Waals surface area contributed by atoms with E-state index in [9.17, 15) is 0 Å². The Labute approximate surface area is 102 Å². The average molecular weight is 238 g/mol. The fourth-order valence-electron chi connectivity index (χ4n) is 1.61. The lowest BCUT2D eigenvalue weighted by Crippen LogP contribution is -2.24. The number of anilines is 2. The number of nitrogen functional groups attached to an aromatic ring is 1. The molecule has 0 amide bonds. The average Bonchev–Trinajstić information content (AvgIpc) is 2.29. The van der Waals surface area contributed by atoms with E-state index in [1.807, 2.05) is 6.92 Å². The highest BCUT2D eigenvalue weighted by atomic mass is 16.2. The Morgan fingerprint density at radius 2 is 2.12 bits per heavy atom. The Hall–Kier alpha value is -1.36. The van der Waals surface area contributed by atoms with Gasteiger partial charge in [-0.1, -0.05) is 13.8 Å². The second-order valence-corrected chi connectivity index (χ2v) is 5.08. The van der Waals surface area contributed by atoms with Gasteiger partial charge in [0.05, 0.1) is 0 Å². The summed E-state index contributed by atoms with van der Waals surface area (Å²) in [5, 5.41) is 12.1. The first-order chi connectivity index (χ1) is 7.96. The molecule has 0 aliphatic rings. The summed E-state index contributed by atoms with van der Waals surface area (Å²) >= 11 is 0. The molecule has 0 atom stereocenters. The normalized spacial score (nSPS) is 11.5. The van der Waals surface area contributed by atoms with E-state index in [0.717, 1.165) is 30.8 Å². The lowest BCUT2D eigenvalue weighted by molar-refractivity contribution is 0.248. The second-order valence-electron chi connectivity index (χ2n) is 5.08. The maximum atomic E-state index is 8.84. The van der Waals surface area contributed by atoms with Gasteiger partial charge in [-0.3, -0.25) is 0 Å². The molecule has 0 saturated carbocycles. The van der Waals surface area contributed by atoms with Crippen LogP contribution in [0.3, 0.4) is 0 Å². The van der Waals surface area contributed by atoms with Crippen molar-refractivity contribution >= 4 is 11.6 Å². The summed E-state index contributed by atoms with van der Waals surface area (Å²) in [5.74, 6) is 1.30. The van der Waals surface area contributed by atoms with Crippen LogP contribution < -0.4 is 11.1 Å². The Balaban J connectivity index is 2.58. The van der Waals surface area contributed by atoms with E-state index in [1.54, 1.807) is 0 Å². The highest BCUT2D eigenvalue weighted by Gasteiger charge is 2.17. The molecule has 0 spiro atoms. The summed E-state index contributed by atoms with van der Waals surface area (Å²) in [5.41, 5.74) is 6.72. The first kappa shape index (κ1) is 13.7. The third-order valence-electron chi connectivity index (χ3n) is 2.87. The summed E-state index contributed by atoms with van der Waals surface area (Å²) in [6.07, 6.45) is 3.25. The zero-order valence-electron chi connectivity index (χ0n) is 10.8. The SMILES string of the molecule is Cc1c(N)ncnc1NCC(C)(C)CCCO. The first-order valence-electron chi connectivity index (χ1n) is 5.88. The van der Waals surface area contributed by atoms with Gasteiger partial charge in [0.2, 0.25) is 0 Å². The number of aromatic nitrogens is 2. The number of hydrogen-bond acceptors (Lipinski definition) is 5. The number of aliphatic hydroxyl groups excluding tert-OH is 1. The molecule has 0 bridgehead atoms. The maximum absolute atomic E-state index is 8.84. The number of rotatable bonds is 6. The zero-order chi connectivity index (χ0) is 12.9. The minimum Gasteiger partial charge on any atom is -0.396 e. The van der Waals surface area contributed by atoms with Crippen LogP contribution in [0.4, 0.5) is 11.6 Å². The van der Waals surface area contributed by atoms with Gasteiger partial charge in [-0.05, 0) is 25.2 Å². The van der Waals surface area contributed by atoms with E-state index in [1.165, 1.54) is 6.33 Å². The largest absolute Gasteiger partial charge is 0.396 e. The van der Waals surface area contributed by atoms with Crippen LogP contribution in [-0.2, 0) is 0 Å². The van der Waals surface area contributed by atoms with Crippen LogP contribution in [0.2, 0.25) is 0 Å². The number of nitrogens with one attached hydrogen (secondary N) is 1. The molecule has 0 fully saturated rings. The van der Waals surface area contributed by atoms with E-state index >= 15 is 0 Å². The van der Waals surface area contributed by atoms with E-state index < -0.39 is 0 Å². The molecule has 5 nitrogen and oxygen atoms in total. The minimum atomic E-state index is 0.120. The van der Waals surface area contributed by atoms with Crippen LogP contribution >= 0.6 is 0 Å². The minimum absolute atomic E-state index is 0.120. The van der Waals surface area contributed by atoms with Crippen LogP contribution in [0, 0.1) is 12.3 Å². The smallest absolute Gasteiger partial charge is 0.134 e. The van der Waals surface area contributed by atoms with Crippen LogP contribution in [0.25, 0.3) is 0 Å². The van der Waals surface area contributed by atoms with Crippen molar-refractivity contribution in [3.8, 4) is 0 Å². The van der Waals surface area contributed by atoms with E-state index in [-0.39, 0.29) is 12.0 Å². The summed E-state index contributed by atoms with van der Waals surface area (Å²) in [4.78, 5) is 8.10. The van der Waals surface area contributed by atoms with Crippen molar-refractivity contribution in [1.82, 2.24) is 9.97 Å². The van der Waals surface area contributed by atoms with Crippen LogP contribution in [0.5, 0.6) is 0 Å². The molecule has 96 valence electrons. The molecular formula is C12H22N4O. The van der Waals surface area contributed by atoms with Crippen LogP contribution in [0.15, 0.2) is 6.33 Å². The van der Waals surface area contributed by atoms with Crippen molar-refractivity contribution in [1.29, 1.82) is 0 Å². The van der Waals surface area contributed by atoms with Crippen LogP contribution in [0.1, 0.15) is 32.3 Å². The van der Waals surface area contributed by atoms with Gasteiger partial charge < -0.3 is 16.2 Å². The van der Waals surface area contributed by atoms with E-state index in [0.29, 0.717) is 5.82 Å². The molecule has 1 heterocycles. The topological polar surface area (TPSA) is 84.1 Å². The number of hydrogen-bond donors (Lipinski definition) is 3. The lowest BCUT2D eigenvalue weighted by atomic mass is 9.88. The summed E-state index contributed by atoms with van der Waals surface area (Å²) in [6, 6.07) is 0. The molecule has 0 saturated heterocycles. The van der Waals surface area contributed by atoms with E-state index in [2.05, 4.69) is 29.1 Å². The Bertz CT molecular complexity index is 366. The molecule has 4 N–H and O–H groups in total. The van der Waals surface area contributed by atoms with Crippen molar-refractivity contribution in [3.63, 3.8) is 0 Å². The first-order valence-corrected chi connectivity index (χ1v) is 5.88. The second kappa shape index (κ2) is 5.82. The molecule has 0 aliphatic carbocycles. The molecule has 1 rings (SSSR count). The van der Waals surface area contributed by atoms with Gasteiger partial charge in [0.15, 0.2) is 0 Å². The third-order valence-corrected chi connectivity index (χ3v) is 2.87. The van der Waals surface area contributed by atoms with Crippen LogP contribution in [-0.4, -0.2) is 28.2 Å². The Morgan fingerprint density at radius 1 is 1.41 bits per heavy atom. The highest BCUT2D eigenvalue weighted by molar-refractivity contribution is 5.53. The maximum Gasteiger partial charge on any atom is 0.134 e. The van der Waals surface area contributed by atoms with Crippen molar-refractivity contribution in [3.05, 3.63) is 11.9 Å². The molecule has 0 aliphatic heterocycles. The van der Waals surface area contributed by atoms with Gasteiger partial charge in [0, 0.05) is 18.7 Å². The number of aliphatic hydroxyl groups is 1. The summed E-state index contributed by atoms with van der Waals surface area (Å²) in [7, 11) is 0. The highest BCUT2D eigenvalue weighted by Crippen LogP contribution is 2.23. The molecule has 0 aromatic carbocycles. The fourth-order valence-corrected chi connectivity index (χ4v) is 1.61. The van der Waals surface area contributed by atoms with Gasteiger partial charge in [0.25, 0.3) is 0 Å². The van der Waals surface area contributed by atoms with Gasteiger partial charge in [-0.2, -0.15) is 0 Å². The van der Waals surface area contributed by atoms with E-state index in [4.69, 9.17) is 10.8 Å². The fraction of sp³-hybridized carbons (Fsp3) is 0.667. The molecule has 1 aromatic heterocycles. The lowest BCUT2D eigenvalue weighted by Gasteiger charge is -2.25. The number of nitrogens with zero attached hydrogens (tertiary/aromatic N) is 2. The van der Waals surface area contributed by atoms with Gasteiger partial charge in [-0.25, -0.2) is 9.97 Å². The molecule has 1 aromatic rings. The monoisotopic (exact) mass is 238 g/mol. The van der Waals surface area contributed by atoms with Gasteiger partial charge in [0.1, 0.15) is 18.0 Å². The molecule has 17 heavy (non-hydrogen) atoms. The quantitative estimate of drug-likeness (QED) is 0.700.